The van der Waals surface area contributed by atoms with E-state index in [-0.39, 0.29) is 0 Å². The molecule has 0 aliphatic carbocycles. The van der Waals surface area contributed by atoms with Gasteiger partial charge in [-0.15, -0.1) is 11.8 Å². The molecule has 0 spiro atoms. The van der Waals surface area contributed by atoms with Crippen molar-refractivity contribution >= 4 is 28.6 Å². The van der Waals surface area contributed by atoms with Gasteiger partial charge in [0.05, 0.1) is 5.52 Å². The number of amides is 1. The summed E-state index contributed by atoms with van der Waals surface area (Å²) in [6.45, 7) is 0. The highest BCUT2D eigenvalue weighted by Gasteiger charge is 2.10. The van der Waals surface area contributed by atoms with Crippen LogP contribution in [0.4, 0.5) is 0 Å². The van der Waals surface area contributed by atoms with Crippen LogP contribution < -0.4 is 5.73 Å². The summed E-state index contributed by atoms with van der Waals surface area (Å²) in [7, 11) is 0. The van der Waals surface area contributed by atoms with Gasteiger partial charge < -0.3 is 5.73 Å². The van der Waals surface area contributed by atoms with E-state index in [0.29, 0.717) is 5.69 Å². The number of nitrogens with two attached hydrogens (primary N) is 1. The first-order valence-corrected chi connectivity index (χ1v) is 5.68. The minimum absolute atomic E-state index is 0.348. The number of carbonyl (C=O) groups is 1. The van der Waals surface area contributed by atoms with Gasteiger partial charge in [-0.1, -0.05) is 18.2 Å². The highest BCUT2D eigenvalue weighted by atomic mass is 32.2. The first kappa shape index (κ1) is 9.98. The maximum atomic E-state index is 11.2. The molecular formula is C11H10N2OS. The molecule has 1 aromatic heterocycles. The van der Waals surface area contributed by atoms with Crippen molar-refractivity contribution in [1.82, 2.24) is 4.98 Å². The monoisotopic (exact) mass is 218 g/mol. The van der Waals surface area contributed by atoms with E-state index in [2.05, 4.69) is 4.98 Å². The van der Waals surface area contributed by atoms with Gasteiger partial charge in [0.25, 0.3) is 5.91 Å². The average Bonchev–Trinajstić information content (AvgIpc) is 2.27. The Morgan fingerprint density at radius 2 is 2.13 bits per heavy atom. The molecule has 3 nitrogen and oxygen atoms in total. The number of carbonyl (C=O) groups excluding carboxylic acids is 1. The van der Waals surface area contributed by atoms with E-state index >= 15 is 0 Å². The zero-order valence-corrected chi connectivity index (χ0v) is 9.04. The number of thioether (sulfide) groups is 1. The van der Waals surface area contributed by atoms with Crippen LogP contribution >= 0.6 is 11.8 Å². The largest absolute Gasteiger partial charge is 0.364 e. The lowest BCUT2D eigenvalue weighted by Gasteiger charge is -2.05. The molecule has 76 valence electrons. The van der Waals surface area contributed by atoms with Crippen molar-refractivity contribution in [2.24, 2.45) is 5.73 Å². The molecule has 2 N–H and O–H groups in total. The summed E-state index contributed by atoms with van der Waals surface area (Å²) >= 11 is 1.48. The average molecular weight is 218 g/mol. The predicted octanol–water partition coefficient (Wildman–Crippen LogP) is 2.06. The minimum atomic E-state index is -0.481. The van der Waals surface area contributed by atoms with Gasteiger partial charge in [0, 0.05) is 10.3 Å². The van der Waals surface area contributed by atoms with Crippen molar-refractivity contribution in [3.05, 3.63) is 36.0 Å². The first-order chi connectivity index (χ1) is 7.22. The third-order valence-corrected chi connectivity index (χ3v) is 2.89. The maximum Gasteiger partial charge on any atom is 0.268 e. The number of hydrogen-bond acceptors (Lipinski definition) is 3. The molecule has 0 atom stereocenters. The molecule has 2 rings (SSSR count). The van der Waals surface area contributed by atoms with E-state index in [1.165, 1.54) is 11.8 Å². The molecule has 0 saturated heterocycles. The second-order valence-electron chi connectivity index (χ2n) is 3.10. The zero-order valence-electron chi connectivity index (χ0n) is 8.23. The fourth-order valence-electron chi connectivity index (χ4n) is 1.43. The van der Waals surface area contributed by atoms with Gasteiger partial charge in [0.2, 0.25) is 0 Å². The SMILES string of the molecule is CSc1cc2ccccc2nc1C(N)=O. The zero-order chi connectivity index (χ0) is 10.8. The summed E-state index contributed by atoms with van der Waals surface area (Å²) in [4.78, 5) is 16.2. The van der Waals surface area contributed by atoms with Gasteiger partial charge in [0.15, 0.2) is 0 Å². The van der Waals surface area contributed by atoms with Crippen LogP contribution in [0.3, 0.4) is 0 Å². The van der Waals surface area contributed by atoms with E-state index in [4.69, 9.17) is 5.73 Å². The molecule has 0 unspecified atom stereocenters. The van der Waals surface area contributed by atoms with Crippen LogP contribution in [0.2, 0.25) is 0 Å². The van der Waals surface area contributed by atoms with E-state index < -0.39 is 5.91 Å². The van der Waals surface area contributed by atoms with E-state index in [0.717, 1.165) is 15.8 Å². The molecule has 4 heteroatoms. The number of primary amides is 1. The van der Waals surface area contributed by atoms with Crippen molar-refractivity contribution in [1.29, 1.82) is 0 Å². The van der Waals surface area contributed by atoms with Crippen LogP contribution in [0.25, 0.3) is 10.9 Å². The fraction of sp³-hybridized carbons (Fsp3) is 0.0909. The molecule has 0 bridgehead atoms. The molecule has 15 heavy (non-hydrogen) atoms. The molecule has 0 aliphatic rings. The van der Waals surface area contributed by atoms with Gasteiger partial charge in [-0.3, -0.25) is 4.79 Å². The van der Waals surface area contributed by atoms with Gasteiger partial charge >= 0.3 is 0 Å². The fourth-order valence-corrected chi connectivity index (χ4v) is 2.01. The number of pyridine rings is 1. The standard InChI is InChI=1S/C11H10N2OS/c1-15-9-6-7-4-2-3-5-8(7)13-10(9)11(12)14/h2-6H,1H3,(H2,12,14). The topological polar surface area (TPSA) is 56.0 Å². The third-order valence-electron chi connectivity index (χ3n) is 2.14. The maximum absolute atomic E-state index is 11.2. The molecular weight excluding hydrogens is 208 g/mol. The molecule has 0 aliphatic heterocycles. The Balaban J connectivity index is 2.74. The Bertz CT molecular complexity index is 525. The second kappa shape index (κ2) is 3.90. The Morgan fingerprint density at radius 3 is 2.80 bits per heavy atom. The Labute approximate surface area is 91.7 Å². The summed E-state index contributed by atoms with van der Waals surface area (Å²) in [5, 5.41) is 1.02. The lowest BCUT2D eigenvalue weighted by molar-refractivity contribution is 0.0993. The van der Waals surface area contributed by atoms with E-state index in [1.807, 2.05) is 36.6 Å². The van der Waals surface area contributed by atoms with Crippen molar-refractivity contribution in [2.75, 3.05) is 6.26 Å². The quantitative estimate of drug-likeness (QED) is 0.785. The van der Waals surface area contributed by atoms with Gasteiger partial charge in [-0.05, 0) is 18.4 Å². The number of nitrogens with zero attached hydrogens (tertiary/aromatic N) is 1. The van der Waals surface area contributed by atoms with E-state index in [9.17, 15) is 4.79 Å². The molecule has 1 heterocycles. The number of hydrogen-bond donors (Lipinski definition) is 1. The lowest BCUT2D eigenvalue weighted by Crippen LogP contribution is -2.14. The Morgan fingerprint density at radius 1 is 1.40 bits per heavy atom. The van der Waals surface area contributed by atoms with Crippen LogP contribution in [-0.2, 0) is 0 Å². The first-order valence-electron chi connectivity index (χ1n) is 4.46. The number of rotatable bonds is 2. The lowest BCUT2D eigenvalue weighted by atomic mass is 10.2. The molecule has 1 aromatic carbocycles. The number of benzene rings is 1. The molecule has 0 fully saturated rings. The number of aromatic nitrogens is 1. The van der Waals surface area contributed by atoms with Crippen LogP contribution in [0, 0.1) is 0 Å². The van der Waals surface area contributed by atoms with E-state index in [1.54, 1.807) is 0 Å². The third kappa shape index (κ3) is 1.80. The Hall–Kier alpha value is -1.55. The highest BCUT2D eigenvalue weighted by Crippen LogP contribution is 2.23. The molecule has 2 aromatic rings. The predicted molar refractivity (Wildman–Crippen MR) is 62.0 cm³/mol. The molecule has 0 radical (unpaired) electrons. The summed E-state index contributed by atoms with van der Waals surface area (Å²) < 4.78 is 0. The van der Waals surface area contributed by atoms with Crippen LogP contribution in [-0.4, -0.2) is 17.1 Å². The second-order valence-corrected chi connectivity index (χ2v) is 3.94. The van der Waals surface area contributed by atoms with Gasteiger partial charge in [-0.2, -0.15) is 0 Å². The van der Waals surface area contributed by atoms with Gasteiger partial charge in [0.1, 0.15) is 5.69 Å². The van der Waals surface area contributed by atoms with Crippen molar-refractivity contribution in [2.45, 2.75) is 4.90 Å². The summed E-state index contributed by atoms with van der Waals surface area (Å²) in [6.07, 6.45) is 1.90. The normalized spacial score (nSPS) is 10.5. The van der Waals surface area contributed by atoms with Crippen LogP contribution in [0.5, 0.6) is 0 Å². The molecule has 1 amide bonds. The van der Waals surface area contributed by atoms with Crippen molar-refractivity contribution in [3.63, 3.8) is 0 Å². The van der Waals surface area contributed by atoms with Crippen molar-refractivity contribution < 1.29 is 4.79 Å². The summed E-state index contributed by atoms with van der Waals surface area (Å²) in [6, 6.07) is 9.60. The van der Waals surface area contributed by atoms with Crippen LogP contribution in [0.1, 0.15) is 10.5 Å². The van der Waals surface area contributed by atoms with Crippen molar-refractivity contribution in [3.8, 4) is 0 Å². The summed E-state index contributed by atoms with van der Waals surface area (Å²) in [5.74, 6) is -0.481. The minimum Gasteiger partial charge on any atom is -0.364 e. The summed E-state index contributed by atoms with van der Waals surface area (Å²) in [5.41, 5.74) is 6.41. The Kier molecular flexibility index (Phi) is 2.60. The number of fused-ring (bicyclic) bond motifs is 1. The smallest absolute Gasteiger partial charge is 0.268 e. The van der Waals surface area contributed by atoms with Crippen LogP contribution in [0.15, 0.2) is 35.2 Å². The van der Waals surface area contributed by atoms with Gasteiger partial charge in [-0.25, -0.2) is 4.98 Å². The number of para-hydroxylation sites is 1. The highest BCUT2D eigenvalue weighted by molar-refractivity contribution is 7.98. The molecule has 0 saturated carbocycles.